The molecular weight excluding hydrogens is 194 g/mol. The molecule has 0 aliphatic carbocycles. The van der Waals surface area contributed by atoms with Crippen LogP contribution in [-0.4, -0.2) is 49.5 Å². The summed E-state index contributed by atoms with van der Waals surface area (Å²) in [6.07, 6.45) is 1.77. The second-order valence-electron chi connectivity index (χ2n) is 3.70. The van der Waals surface area contributed by atoms with E-state index in [0.717, 1.165) is 19.4 Å². The highest BCUT2D eigenvalue weighted by Gasteiger charge is 2.26. The van der Waals surface area contributed by atoms with Crippen molar-refractivity contribution >= 4 is 11.7 Å². The van der Waals surface area contributed by atoms with Crippen LogP contribution >= 0.6 is 0 Å². The van der Waals surface area contributed by atoms with Crippen LogP contribution in [0.4, 0.5) is 0 Å². The normalized spacial score (nSPS) is 18.0. The van der Waals surface area contributed by atoms with Gasteiger partial charge in [-0.3, -0.25) is 10.2 Å². The molecular formula is C10H19N3O2. The largest absolute Gasteiger partial charge is 0.383 e. The van der Waals surface area contributed by atoms with Crippen molar-refractivity contribution in [2.45, 2.75) is 25.8 Å². The smallest absolute Gasteiger partial charge is 0.242 e. The number of ether oxygens (including phenoxy) is 1. The number of carbonyl (C=O) groups excluding carboxylic acids is 1. The molecule has 1 aliphatic rings. The van der Waals surface area contributed by atoms with Crippen molar-refractivity contribution < 1.29 is 9.53 Å². The molecule has 0 spiro atoms. The van der Waals surface area contributed by atoms with Crippen LogP contribution < -0.4 is 5.32 Å². The number of amides is 1. The molecule has 2 N–H and O–H groups in total. The Kier molecular flexibility index (Phi) is 4.55. The van der Waals surface area contributed by atoms with Gasteiger partial charge >= 0.3 is 0 Å². The van der Waals surface area contributed by atoms with Crippen molar-refractivity contribution in [1.82, 2.24) is 10.2 Å². The molecule has 0 radical (unpaired) electrons. The summed E-state index contributed by atoms with van der Waals surface area (Å²) in [7, 11) is 1.60. The fourth-order valence-electron chi connectivity index (χ4n) is 1.69. The van der Waals surface area contributed by atoms with E-state index in [0.29, 0.717) is 19.0 Å². The molecule has 1 unspecified atom stereocenters. The van der Waals surface area contributed by atoms with E-state index in [-0.39, 0.29) is 11.9 Å². The van der Waals surface area contributed by atoms with Crippen molar-refractivity contribution in [3.05, 3.63) is 0 Å². The van der Waals surface area contributed by atoms with Crippen LogP contribution in [-0.2, 0) is 9.53 Å². The van der Waals surface area contributed by atoms with Crippen molar-refractivity contribution in [2.75, 3.05) is 26.8 Å². The second kappa shape index (κ2) is 5.70. The van der Waals surface area contributed by atoms with Gasteiger partial charge in [0.15, 0.2) is 0 Å². The molecule has 1 aliphatic heterocycles. The predicted octanol–water partition coefficient (Wildman–Crippen LogP) is 0.211. The molecule has 1 fully saturated rings. The lowest BCUT2D eigenvalue weighted by atomic mass is 10.2. The molecule has 0 aromatic heterocycles. The molecule has 15 heavy (non-hydrogen) atoms. The Morgan fingerprint density at radius 2 is 2.47 bits per heavy atom. The molecule has 0 aromatic carbocycles. The third kappa shape index (κ3) is 3.20. The number of likely N-dealkylation sites (tertiary alicyclic amines) is 1. The van der Waals surface area contributed by atoms with E-state index in [9.17, 15) is 4.79 Å². The van der Waals surface area contributed by atoms with Gasteiger partial charge in [0.25, 0.3) is 0 Å². The van der Waals surface area contributed by atoms with E-state index >= 15 is 0 Å². The number of amidine groups is 1. The van der Waals surface area contributed by atoms with Gasteiger partial charge in [-0.25, -0.2) is 0 Å². The van der Waals surface area contributed by atoms with Crippen LogP contribution in [0, 0.1) is 5.41 Å². The first-order valence-corrected chi connectivity index (χ1v) is 5.27. The molecule has 1 rings (SSSR count). The number of carbonyl (C=O) groups is 1. The zero-order chi connectivity index (χ0) is 11.3. The fraction of sp³-hybridized carbons (Fsp3) is 0.800. The van der Waals surface area contributed by atoms with Gasteiger partial charge < -0.3 is 15.0 Å². The standard InChI is InChI=1S/C10H19N3O2/c1-8(10(14)12-5-7-15-2)13-6-3-4-9(13)11/h8,11H,3-7H2,1-2H3,(H,12,14). The number of hydrogen-bond acceptors (Lipinski definition) is 3. The van der Waals surface area contributed by atoms with Crippen molar-refractivity contribution in [1.29, 1.82) is 5.41 Å². The average Bonchev–Trinajstić information content (AvgIpc) is 2.63. The van der Waals surface area contributed by atoms with Gasteiger partial charge in [-0.05, 0) is 13.3 Å². The highest BCUT2D eigenvalue weighted by atomic mass is 16.5. The van der Waals surface area contributed by atoms with Gasteiger partial charge in [-0.2, -0.15) is 0 Å². The van der Waals surface area contributed by atoms with E-state index in [4.69, 9.17) is 10.1 Å². The topological polar surface area (TPSA) is 65.4 Å². The minimum absolute atomic E-state index is 0.0290. The maximum atomic E-state index is 11.6. The first-order valence-electron chi connectivity index (χ1n) is 5.27. The summed E-state index contributed by atoms with van der Waals surface area (Å²) in [5.74, 6) is 0.545. The highest BCUT2D eigenvalue weighted by molar-refractivity contribution is 5.89. The van der Waals surface area contributed by atoms with E-state index in [2.05, 4.69) is 5.32 Å². The summed E-state index contributed by atoms with van der Waals surface area (Å²) in [5.41, 5.74) is 0. The zero-order valence-corrected chi connectivity index (χ0v) is 9.38. The summed E-state index contributed by atoms with van der Waals surface area (Å²) in [6, 6.07) is -0.239. The molecule has 1 heterocycles. The fourth-order valence-corrected chi connectivity index (χ4v) is 1.69. The van der Waals surface area contributed by atoms with Crippen molar-refractivity contribution in [3.8, 4) is 0 Å². The molecule has 0 saturated carbocycles. The second-order valence-corrected chi connectivity index (χ2v) is 3.70. The average molecular weight is 213 g/mol. The predicted molar refractivity (Wildman–Crippen MR) is 58.0 cm³/mol. The summed E-state index contributed by atoms with van der Waals surface area (Å²) in [5, 5.41) is 10.4. The van der Waals surface area contributed by atoms with E-state index in [1.807, 2.05) is 11.8 Å². The van der Waals surface area contributed by atoms with Gasteiger partial charge in [-0.15, -0.1) is 0 Å². The Bertz CT molecular complexity index is 243. The summed E-state index contributed by atoms with van der Waals surface area (Å²) >= 11 is 0. The number of hydrogen-bond donors (Lipinski definition) is 2. The zero-order valence-electron chi connectivity index (χ0n) is 9.38. The number of methoxy groups -OCH3 is 1. The summed E-state index contributed by atoms with van der Waals surface area (Å²) < 4.78 is 4.85. The Morgan fingerprint density at radius 3 is 3.00 bits per heavy atom. The van der Waals surface area contributed by atoms with Gasteiger partial charge in [0.05, 0.1) is 12.4 Å². The van der Waals surface area contributed by atoms with Crippen LogP contribution in [0.25, 0.3) is 0 Å². The van der Waals surface area contributed by atoms with Gasteiger partial charge in [0, 0.05) is 26.6 Å². The third-order valence-corrected chi connectivity index (χ3v) is 2.61. The lowest BCUT2D eigenvalue weighted by Crippen LogP contribution is -2.46. The van der Waals surface area contributed by atoms with Gasteiger partial charge in [0.1, 0.15) is 6.04 Å². The highest BCUT2D eigenvalue weighted by Crippen LogP contribution is 2.13. The Balaban J connectivity index is 2.35. The maximum Gasteiger partial charge on any atom is 0.242 e. The van der Waals surface area contributed by atoms with Crippen molar-refractivity contribution in [3.63, 3.8) is 0 Å². The third-order valence-electron chi connectivity index (χ3n) is 2.61. The molecule has 1 saturated heterocycles. The Labute approximate surface area is 90.3 Å². The quantitative estimate of drug-likeness (QED) is 0.642. The lowest BCUT2D eigenvalue weighted by Gasteiger charge is -2.24. The SMILES string of the molecule is COCCNC(=O)C(C)N1CCCC1=N. The molecule has 5 nitrogen and oxygen atoms in total. The number of nitrogens with one attached hydrogen (secondary N) is 2. The molecule has 1 atom stereocenters. The van der Waals surface area contributed by atoms with Gasteiger partial charge in [0.2, 0.25) is 5.91 Å². The van der Waals surface area contributed by atoms with E-state index < -0.39 is 0 Å². The minimum atomic E-state index is -0.239. The lowest BCUT2D eigenvalue weighted by molar-refractivity contribution is -0.124. The first kappa shape index (κ1) is 12.0. The van der Waals surface area contributed by atoms with E-state index in [1.54, 1.807) is 7.11 Å². The molecule has 0 bridgehead atoms. The monoisotopic (exact) mass is 213 g/mol. The molecule has 1 amide bonds. The van der Waals surface area contributed by atoms with Crippen LogP contribution in [0.3, 0.4) is 0 Å². The van der Waals surface area contributed by atoms with Crippen LogP contribution in [0.15, 0.2) is 0 Å². The Hall–Kier alpha value is -1.10. The maximum absolute atomic E-state index is 11.6. The van der Waals surface area contributed by atoms with Crippen LogP contribution in [0.5, 0.6) is 0 Å². The van der Waals surface area contributed by atoms with Gasteiger partial charge in [-0.1, -0.05) is 0 Å². The molecule has 0 aromatic rings. The number of rotatable bonds is 5. The summed E-state index contributed by atoms with van der Waals surface area (Å²) in [4.78, 5) is 13.5. The van der Waals surface area contributed by atoms with Crippen molar-refractivity contribution in [2.24, 2.45) is 0 Å². The van der Waals surface area contributed by atoms with Crippen LogP contribution in [0.1, 0.15) is 19.8 Å². The molecule has 86 valence electrons. The minimum Gasteiger partial charge on any atom is -0.383 e. The van der Waals surface area contributed by atoms with E-state index in [1.165, 1.54) is 0 Å². The first-order chi connectivity index (χ1) is 7.16. The summed E-state index contributed by atoms with van der Waals surface area (Å²) in [6.45, 7) is 3.70. The van der Waals surface area contributed by atoms with Crippen LogP contribution in [0.2, 0.25) is 0 Å². The molecule has 5 heteroatoms. The Morgan fingerprint density at radius 1 is 1.73 bits per heavy atom. The number of nitrogens with zero attached hydrogens (tertiary/aromatic N) is 1.